The summed E-state index contributed by atoms with van der Waals surface area (Å²) in [7, 11) is 0. The number of nitrogens with zero attached hydrogens (tertiary/aromatic N) is 2. The molecule has 1 aromatic heterocycles. The van der Waals surface area contributed by atoms with Gasteiger partial charge in [-0.1, -0.05) is 50.1 Å². The van der Waals surface area contributed by atoms with E-state index >= 15 is 0 Å². The maximum atomic E-state index is 14.4. The van der Waals surface area contributed by atoms with Crippen LogP contribution >= 0.6 is 0 Å². The average Bonchev–Trinajstić information content (AvgIpc) is 2.97. The predicted molar refractivity (Wildman–Crippen MR) is 169 cm³/mol. The van der Waals surface area contributed by atoms with Crippen molar-refractivity contribution in [2.24, 2.45) is 17.6 Å². The molecule has 0 spiro atoms. The predicted octanol–water partition coefficient (Wildman–Crippen LogP) is 3.24. The van der Waals surface area contributed by atoms with Gasteiger partial charge in [0.2, 0.25) is 17.7 Å². The molecule has 2 fully saturated rings. The van der Waals surface area contributed by atoms with E-state index in [9.17, 15) is 32.7 Å². The van der Waals surface area contributed by atoms with E-state index in [0.29, 0.717) is 24.2 Å². The highest BCUT2D eigenvalue weighted by molar-refractivity contribution is 5.89. The van der Waals surface area contributed by atoms with Gasteiger partial charge in [0.25, 0.3) is 0 Å². The van der Waals surface area contributed by atoms with Gasteiger partial charge < -0.3 is 26.8 Å². The molecule has 1 aliphatic heterocycles. The third-order valence-electron chi connectivity index (χ3n) is 8.74. The van der Waals surface area contributed by atoms with Crippen LogP contribution in [0.3, 0.4) is 0 Å². The summed E-state index contributed by atoms with van der Waals surface area (Å²) in [6.07, 6.45) is -3.39. The van der Waals surface area contributed by atoms with Crippen LogP contribution < -0.4 is 21.7 Å². The standard InChI is InChI=1S/C33H45F3N6O4/c1-19(23-14-13-20-9-7-8-12-24(20)39-23)38-25(16-28(37)44)30(45)40-29(33(34,35)36)27(43)18-42-17-22-11-6-5-10-21(22)15-26(42)31(46)41-32(2,3)4/h7-9,12-14,21-22,25-27,29,38,43H,1,5-6,10-11,15-18H2,2-4H3,(H2,37,44)(H,40,45)(H,41,46). The Kier molecular flexibility index (Phi) is 11.0. The number of β-amino-alcohol motifs (C(OH)–C–C–N with tert-alkyl or cyclic N) is 1. The minimum Gasteiger partial charge on any atom is -0.389 e. The molecular formula is C33H45F3N6O4. The summed E-state index contributed by atoms with van der Waals surface area (Å²) in [4.78, 5) is 44.5. The number of benzene rings is 1. The fourth-order valence-corrected chi connectivity index (χ4v) is 6.55. The normalized spacial score (nSPS) is 22.6. The number of carbonyl (C=O) groups excluding carboxylic acids is 3. The number of amides is 3. The van der Waals surface area contributed by atoms with Gasteiger partial charge in [-0.15, -0.1) is 0 Å². The van der Waals surface area contributed by atoms with E-state index in [1.165, 1.54) is 0 Å². The van der Waals surface area contributed by atoms with E-state index in [0.717, 1.165) is 31.1 Å². The molecule has 0 radical (unpaired) electrons. The number of para-hydroxylation sites is 1. The van der Waals surface area contributed by atoms with Crippen LogP contribution in [0.2, 0.25) is 0 Å². The fraction of sp³-hybridized carbons (Fsp3) is 0.576. The number of fused-ring (bicyclic) bond motifs is 2. The summed E-state index contributed by atoms with van der Waals surface area (Å²) in [5.74, 6) is -1.95. The number of nitrogens with two attached hydrogens (primary N) is 1. The number of piperidine rings is 1. The minimum atomic E-state index is -5.05. The number of rotatable bonds is 11. The first-order valence-corrected chi connectivity index (χ1v) is 15.7. The molecule has 2 aliphatic rings. The number of halogens is 3. The summed E-state index contributed by atoms with van der Waals surface area (Å²) < 4.78 is 43.3. The summed E-state index contributed by atoms with van der Waals surface area (Å²) >= 11 is 0. The zero-order chi connectivity index (χ0) is 33.8. The lowest BCUT2D eigenvalue weighted by Gasteiger charge is -2.47. The van der Waals surface area contributed by atoms with Crippen molar-refractivity contribution < 1.29 is 32.7 Å². The number of nitrogens with one attached hydrogen (secondary N) is 3. The van der Waals surface area contributed by atoms with E-state index in [4.69, 9.17) is 5.73 Å². The lowest BCUT2D eigenvalue weighted by atomic mass is 9.72. The van der Waals surface area contributed by atoms with Crippen LogP contribution in [0.15, 0.2) is 43.0 Å². The molecule has 1 aromatic carbocycles. The number of aliphatic hydroxyl groups excluding tert-OH is 1. The summed E-state index contributed by atoms with van der Waals surface area (Å²) in [6.45, 7) is 9.22. The molecule has 10 nitrogen and oxygen atoms in total. The maximum Gasteiger partial charge on any atom is 0.411 e. The lowest BCUT2D eigenvalue weighted by molar-refractivity contribution is -0.185. The molecule has 3 amide bonds. The van der Waals surface area contributed by atoms with Gasteiger partial charge in [-0.25, -0.2) is 4.98 Å². The van der Waals surface area contributed by atoms with Gasteiger partial charge in [-0.05, 0) is 57.6 Å². The van der Waals surface area contributed by atoms with Crippen LogP contribution in [0.4, 0.5) is 13.2 Å². The van der Waals surface area contributed by atoms with Gasteiger partial charge in [0.05, 0.1) is 35.5 Å². The van der Waals surface area contributed by atoms with Gasteiger partial charge in [0, 0.05) is 24.0 Å². The van der Waals surface area contributed by atoms with Crippen LogP contribution in [0.25, 0.3) is 16.6 Å². The Morgan fingerprint density at radius 3 is 2.39 bits per heavy atom. The number of aliphatic hydroxyl groups is 1. The SMILES string of the molecule is C=C(NC(CC(N)=O)C(=O)NC(C(O)CN1CC2CCCCC2CC1C(=O)NC(C)(C)C)C(F)(F)F)c1ccc2ccccc2n1. The highest BCUT2D eigenvalue weighted by Gasteiger charge is 2.48. The first-order chi connectivity index (χ1) is 21.5. The highest BCUT2D eigenvalue weighted by Crippen LogP contribution is 2.39. The summed E-state index contributed by atoms with van der Waals surface area (Å²) in [5, 5.41) is 19.4. The first kappa shape index (κ1) is 35.1. The summed E-state index contributed by atoms with van der Waals surface area (Å²) in [5.41, 5.74) is 5.83. The third kappa shape index (κ3) is 9.18. The summed E-state index contributed by atoms with van der Waals surface area (Å²) in [6, 6.07) is 5.72. The largest absolute Gasteiger partial charge is 0.411 e. The van der Waals surface area contributed by atoms with Crippen LogP contribution in [-0.4, -0.2) is 81.7 Å². The number of hydrogen-bond acceptors (Lipinski definition) is 7. The van der Waals surface area contributed by atoms with Crippen molar-refractivity contribution in [3.8, 4) is 0 Å². The molecule has 2 aromatic rings. The molecule has 6 atom stereocenters. The second kappa shape index (κ2) is 14.4. The van der Waals surface area contributed by atoms with E-state index in [2.05, 4.69) is 22.2 Å². The quantitative estimate of drug-likeness (QED) is 0.252. The molecule has 4 rings (SSSR count). The molecule has 6 unspecified atom stereocenters. The number of primary amides is 1. The van der Waals surface area contributed by atoms with Gasteiger partial charge in [-0.3, -0.25) is 19.3 Å². The number of likely N-dealkylation sites (tertiary alicyclic amines) is 1. The van der Waals surface area contributed by atoms with Crippen molar-refractivity contribution in [2.45, 2.75) is 95.2 Å². The zero-order valence-corrected chi connectivity index (χ0v) is 26.6. The Morgan fingerprint density at radius 2 is 1.74 bits per heavy atom. The van der Waals surface area contributed by atoms with E-state index in [1.54, 1.807) is 29.2 Å². The molecule has 252 valence electrons. The van der Waals surface area contributed by atoms with E-state index < -0.39 is 60.7 Å². The molecule has 2 heterocycles. The number of alkyl halides is 3. The number of pyridine rings is 1. The maximum absolute atomic E-state index is 14.4. The molecule has 1 aliphatic carbocycles. The molecule has 1 saturated heterocycles. The third-order valence-corrected chi connectivity index (χ3v) is 8.74. The number of aromatic nitrogens is 1. The van der Waals surface area contributed by atoms with Crippen molar-refractivity contribution in [2.75, 3.05) is 13.1 Å². The van der Waals surface area contributed by atoms with Crippen molar-refractivity contribution >= 4 is 34.3 Å². The molecule has 6 N–H and O–H groups in total. The second-order valence-corrected chi connectivity index (χ2v) is 13.6. The highest BCUT2D eigenvalue weighted by atomic mass is 19.4. The minimum absolute atomic E-state index is 0.0966. The van der Waals surface area contributed by atoms with Crippen molar-refractivity contribution in [1.29, 1.82) is 0 Å². The van der Waals surface area contributed by atoms with Crippen molar-refractivity contribution in [3.05, 3.63) is 48.7 Å². The smallest absolute Gasteiger partial charge is 0.389 e. The van der Waals surface area contributed by atoms with Gasteiger partial charge in [0.1, 0.15) is 6.04 Å². The fourth-order valence-electron chi connectivity index (χ4n) is 6.55. The molecule has 0 bridgehead atoms. The van der Waals surface area contributed by atoms with Crippen LogP contribution in [-0.2, 0) is 14.4 Å². The number of hydrogen-bond donors (Lipinski definition) is 5. The topological polar surface area (TPSA) is 150 Å². The van der Waals surface area contributed by atoms with Gasteiger partial charge in [0.15, 0.2) is 6.04 Å². The van der Waals surface area contributed by atoms with Crippen LogP contribution in [0, 0.1) is 11.8 Å². The Morgan fingerprint density at radius 1 is 1.07 bits per heavy atom. The Balaban J connectivity index is 1.51. The average molecular weight is 647 g/mol. The first-order valence-electron chi connectivity index (χ1n) is 15.7. The van der Waals surface area contributed by atoms with Crippen molar-refractivity contribution in [3.63, 3.8) is 0 Å². The Labute approximate surface area is 267 Å². The van der Waals surface area contributed by atoms with Crippen LogP contribution in [0.1, 0.15) is 65.0 Å². The molecule has 46 heavy (non-hydrogen) atoms. The zero-order valence-electron chi connectivity index (χ0n) is 26.6. The van der Waals surface area contributed by atoms with E-state index in [-0.39, 0.29) is 23.4 Å². The second-order valence-electron chi connectivity index (χ2n) is 13.6. The van der Waals surface area contributed by atoms with Gasteiger partial charge in [-0.2, -0.15) is 13.2 Å². The Bertz CT molecular complexity index is 1430. The monoisotopic (exact) mass is 646 g/mol. The number of carbonyl (C=O) groups is 3. The molecular weight excluding hydrogens is 601 g/mol. The lowest BCUT2D eigenvalue weighted by Crippen LogP contribution is -2.63. The Hall–Kier alpha value is -3.71. The van der Waals surface area contributed by atoms with Gasteiger partial charge >= 0.3 is 6.18 Å². The van der Waals surface area contributed by atoms with E-state index in [1.807, 2.05) is 38.2 Å². The van der Waals surface area contributed by atoms with Crippen molar-refractivity contribution in [1.82, 2.24) is 25.8 Å². The van der Waals surface area contributed by atoms with Crippen LogP contribution in [0.5, 0.6) is 0 Å². The molecule has 1 saturated carbocycles. The molecule has 13 heteroatoms.